The molecule has 112 valence electrons. The quantitative estimate of drug-likeness (QED) is 0.794. The van der Waals surface area contributed by atoms with Crippen molar-refractivity contribution < 1.29 is 9.47 Å². The molecule has 0 aliphatic heterocycles. The molecule has 0 bridgehead atoms. The van der Waals surface area contributed by atoms with Gasteiger partial charge in [-0.25, -0.2) is 4.98 Å². The van der Waals surface area contributed by atoms with Gasteiger partial charge in [0.2, 0.25) is 0 Å². The lowest BCUT2D eigenvalue weighted by molar-refractivity contribution is 0.310. The van der Waals surface area contributed by atoms with Gasteiger partial charge in [-0.1, -0.05) is 6.07 Å². The van der Waals surface area contributed by atoms with Crippen LogP contribution in [0.3, 0.4) is 0 Å². The number of aryl methyl sites for hydroxylation is 1. The molecule has 0 saturated carbocycles. The molecule has 2 aromatic rings. The third-order valence-corrected chi connectivity index (χ3v) is 3.87. The molecule has 0 atom stereocenters. The van der Waals surface area contributed by atoms with E-state index in [-0.39, 0.29) is 0 Å². The number of rotatable bonds is 6. The van der Waals surface area contributed by atoms with Crippen LogP contribution in [0, 0.1) is 6.92 Å². The lowest BCUT2D eigenvalue weighted by Crippen LogP contribution is -2.02. The lowest BCUT2D eigenvalue weighted by Gasteiger charge is -2.12. The molecule has 1 aromatic carbocycles. The second kappa shape index (κ2) is 7.31. The average Bonchev–Trinajstić information content (AvgIpc) is 2.49. The van der Waals surface area contributed by atoms with Crippen LogP contribution in [0.4, 0.5) is 5.69 Å². The van der Waals surface area contributed by atoms with E-state index in [0.29, 0.717) is 13.2 Å². The third kappa shape index (κ3) is 4.11. The predicted octanol–water partition coefficient (Wildman–Crippen LogP) is 4.17. The molecule has 0 aliphatic carbocycles. The van der Waals surface area contributed by atoms with E-state index in [4.69, 9.17) is 9.47 Å². The molecule has 0 aliphatic rings. The summed E-state index contributed by atoms with van der Waals surface area (Å²) in [4.78, 5) is 4.27. The van der Waals surface area contributed by atoms with Crippen LogP contribution in [-0.2, 0) is 6.54 Å². The van der Waals surface area contributed by atoms with E-state index in [0.717, 1.165) is 32.9 Å². The fourth-order valence-corrected chi connectivity index (χ4v) is 2.17. The van der Waals surface area contributed by atoms with Crippen LogP contribution >= 0.6 is 15.9 Å². The maximum absolute atomic E-state index is 5.51. The molecular formula is C16H19BrN2O2. The lowest BCUT2D eigenvalue weighted by atomic mass is 10.2. The maximum Gasteiger partial charge on any atom is 0.161 e. The molecular weight excluding hydrogens is 332 g/mol. The van der Waals surface area contributed by atoms with Gasteiger partial charge in [0, 0.05) is 6.54 Å². The molecule has 1 aromatic heterocycles. The van der Waals surface area contributed by atoms with Crippen LogP contribution in [0.25, 0.3) is 0 Å². The van der Waals surface area contributed by atoms with Gasteiger partial charge >= 0.3 is 0 Å². The Morgan fingerprint density at radius 2 is 2.05 bits per heavy atom. The van der Waals surface area contributed by atoms with Crippen LogP contribution in [0.1, 0.15) is 18.1 Å². The van der Waals surface area contributed by atoms with Gasteiger partial charge in [0.15, 0.2) is 11.5 Å². The van der Waals surface area contributed by atoms with E-state index in [2.05, 4.69) is 32.3 Å². The third-order valence-electron chi connectivity index (χ3n) is 3.04. The molecule has 0 unspecified atom stereocenters. The van der Waals surface area contributed by atoms with Crippen LogP contribution in [-0.4, -0.2) is 18.7 Å². The smallest absolute Gasteiger partial charge is 0.161 e. The van der Waals surface area contributed by atoms with Crippen LogP contribution in [0.2, 0.25) is 0 Å². The van der Waals surface area contributed by atoms with Crippen molar-refractivity contribution in [2.75, 3.05) is 19.0 Å². The second-order valence-corrected chi connectivity index (χ2v) is 5.35. The monoisotopic (exact) mass is 350 g/mol. The summed E-state index contributed by atoms with van der Waals surface area (Å²) in [5, 5.41) is 3.35. The number of hydrogen-bond acceptors (Lipinski definition) is 4. The molecule has 4 nitrogen and oxygen atoms in total. The largest absolute Gasteiger partial charge is 0.493 e. The van der Waals surface area contributed by atoms with Gasteiger partial charge in [0.25, 0.3) is 0 Å². The van der Waals surface area contributed by atoms with Crippen LogP contribution < -0.4 is 14.8 Å². The Kier molecular flexibility index (Phi) is 5.44. The Labute approximate surface area is 133 Å². The highest BCUT2D eigenvalue weighted by Gasteiger charge is 2.05. The number of halogens is 1. The number of benzene rings is 1. The maximum atomic E-state index is 5.51. The summed E-state index contributed by atoms with van der Waals surface area (Å²) in [5.41, 5.74) is 3.21. The first-order valence-electron chi connectivity index (χ1n) is 6.79. The van der Waals surface area contributed by atoms with Gasteiger partial charge in [0.05, 0.1) is 25.6 Å². The fraction of sp³-hybridized carbons (Fsp3) is 0.312. The zero-order valence-corrected chi connectivity index (χ0v) is 14.0. The molecule has 2 rings (SSSR count). The number of hydrogen-bond donors (Lipinski definition) is 1. The fourth-order valence-electron chi connectivity index (χ4n) is 1.96. The summed E-state index contributed by atoms with van der Waals surface area (Å²) in [7, 11) is 1.65. The van der Waals surface area contributed by atoms with Crippen molar-refractivity contribution in [1.82, 2.24) is 4.98 Å². The zero-order valence-electron chi connectivity index (χ0n) is 12.4. The van der Waals surface area contributed by atoms with E-state index in [1.54, 1.807) is 7.11 Å². The van der Waals surface area contributed by atoms with Crippen molar-refractivity contribution in [3.8, 4) is 11.5 Å². The topological polar surface area (TPSA) is 43.4 Å². The summed E-state index contributed by atoms with van der Waals surface area (Å²) in [6, 6.07) is 8.00. The highest BCUT2D eigenvalue weighted by Crippen LogP contribution is 2.28. The van der Waals surface area contributed by atoms with Gasteiger partial charge in [-0.3, -0.25) is 0 Å². The van der Waals surface area contributed by atoms with Gasteiger partial charge in [-0.05, 0) is 59.1 Å². The van der Waals surface area contributed by atoms with Crippen molar-refractivity contribution in [3.63, 3.8) is 0 Å². The number of ether oxygens (including phenoxy) is 2. The van der Waals surface area contributed by atoms with Gasteiger partial charge in [0.1, 0.15) is 4.60 Å². The first-order valence-corrected chi connectivity index (χ1v) is 7.59. The number of pyridine rings is 1. The molecule has 1 heterocycles. The van der Waals surface area contributed by atoms with Crippen molar-refractivity contribution in [2.45, 2.75) is 20.4 Å². The highest BCUT2D eigenvalue weighted by atomic mass is 79.9. The van der Waals surface area contributed by atoms with E-state index in [9.17, 15) is 0 Å². The van der Waals surface area contributed by atoms with Crippen molar-refractivity contribution in [1.29, 1.82) is 0 Å². The molecule has 1 N–H and O–H groups in total. The van der Waals surface area contributed by atoms with Gasteiger partial charge in [-0.15, -0.1) is 0 Å². The molecule has 0 amide bonds. The molecule has 0 saturated heterocycles. The Balaban J connectivity index is 2.07. The van der Waals surface area contributed by atoms with Gasteiger partial charge in [-0.2, -0.15) is 0 Å². The number of methoxy groups -OCH3 is 1. The number of nitrogens with one attached hydrogen (secondary N) is 1. The summed E-state index contributed by atoms with van der Waals surface area (Å²) in [6.07, 6.45) is 1.81. The first-order chi connectivity index (χ1) is 10.1. The SMILES string of the molecule is CCOc1ccc(CNc2cnc(Br)c(C)c2)cc1OC. The Morgan fingerprint density at radius 3 is 2.71 bits per heavy atom. The zero-order chi connectivity index (χ0) is 15.2. The second-order valence-electron chi connectivity index (χ2n) is 4.60. The van der Waals surface area contributed by atoms with Gasteiger partial charge < -0.3 is 14.8 Å². The first kappa shape index (κ1) is 15.6. The standard InChI is InChI=1S/C16H19BrN2O2/c1-4-21-14-6-5-12(8-15(14)20-3)9-18-13-7-11(2)16(17)19-10-13/h5-8,10,18H,4,9H2,1-3H3. The van der Waals surface area contributed by atoms with Crippen molar-refractivity contribution in [2.24, 2.45) is 0 Å². The minimum Gasteiger partial charge on any atom is -0.493 e. The molecule has 21 heavy (non-hydrogen) atoms. The number of nitrogens with zero attached hydrogens (tertiary/aromatic N) is 1. The average molecular weight is 351 g/mol. The summed E-state index contributed by atoms with van der Waals surface area (Å²) in [5.74, 6) is 1.52. The summed E-state index contributed by atoms with van der Waals surface area (Å²) in [6.45, 7) is 5.29. The van der Waals surface area contributed by atoms with E-state index < -0.39 is 0 Å². The molecule has 0 fully saturated rings. The van der Waals surface area contributed by atoms with Crippen LogP contribution in [0.15, 0.2) is 35.1 Å². The van der Waals surface area contributed by atoms with E-state index >= 15 is 0 Å². The van der Waals surface area contributed by atoms with E-state index in [1.807, 2.05) is 38.2 Å². The number of anilines is 1. The number of aromatic nitrogens is 1. The molecule has 0 spiro atoms. The Morgan fingerprint density at radius 1 is 1.24 bits per heavy atom. The summed E-state index contributed by atoms with van der Waals surface area (Å²) < 4.78 is 11.7. The Bertz CT molecular complexity index is 617. The van der Waals surface area contributed by atoms with E-state index in [1.165, 1.54) is 0 Å². The minimum atomic E-state index is 0.623. The summed E-state index contributed by atoms with van der Waals surface area (Å²) >= 11 is 3.40. The molecule has 5 heteroatoms. The predicted molar refractivity (Wildman–Crippen MR) is 88.2 cm³/mol. The minimum absolute atomic E-state index is 0.623. The normalized spacial score (nSPS) is 10.3. The molecule has 0 radical (unpaired) electrons. The van der Waals surface area contributed by atoms with Crippen LogP contribution in [0.5, 0.6) is 11.5 Å². The highest BCUT2D eigenvalue weighted by molar-refractivity contribution is 9.10. The van der Waals surface area contributed by atoms with Crippen molar-refractivity contribution in [3.05, 3.63) is 46.2 Å². The Hall–Kier alpha value is -1.75. The van der Waals surface area contributed by atoms with Crippen molar-refractivity contribution >= 4 is 21.6 Å².